The molecule has 0 radical (unpaired) electrons. The summed E-state index contributed by atoms with van der Waals surface area (Å²) in [7, 11) is 0. The van der Waals surface area contributed by atoms with Gasteiger partial charge in [0, 0.05) is 43.3 Å². The van der Waals surface area contributed by atoms with Crippen molar-refractivity contribution < 1.29 is 0 Å². The van der Waals surface area contributed by atoms with Crippen molar-refractivity contribution >= 4 is 17.5 Å². The van der Waals surface area contributed by atoms with E-state index < -0.39 is 0 Å². The third-order valence-corrected chi connectivity index (χ3v) is 4.80. The molecule has 0 saturated carbocycles. The minimum Gasteiger partial charge on any atom is -0.372 e. The predicted octanol–water partition coefficient (Wildman–Crippen LogP) is 4.35. The van der Waals surface area contributed by atoms with Gasteiger partial charge in [-0.2, -0.15) is 0 Å². The minimum absolute atomic E-state index is 0.912. The minimum atomic E-state index is 0.912. The molecule has 2 aliphatic heterocycles. The molecule has 0 atom stereocenters. The van der Waals surface area contributed by atoms with E-state index in [1.54, 1.807) is 0 Å². The second-order valence-electron chi connectivity index (χ2n) is 6.53. The first-order chi connectivity index (χ1) is 11.9. The van der Waals surface area contributed by atoms with Gasteiger partial charge in [-0.3, -0.25) is 9.98 Å². The molecule has 122 valence electrons. The van der Waals surface area contributed by atoms with Gasteiger partial charge in [0.15, 0.2) is 0 Å². The fourth-order valence-corrected chi connectivity index (χ4v) is 3.59. The molecule has 2 aliphatic rings. The Morgan fingerprint density at radius 1 is 1.00 bits per heavy atom. The van der Waals surface area contributed by atoms with Crippen molar-refractivity contribution in [1.29, 1.82) is 0 Å². The van der Waals surface area contributed by atoms with Gasteiger partial charge in [-0.1, -0.05) is 12.1 Å². The molecule has 3 heterocycles. The Morgan fingerprint density at radius 2 is 1.92 bits per heavy atom. The summed E-state index contributed by atoms with van der Waals surface area (Å²) in [6, 6.07) is 13.0. The van der Waals surface area contributed by atoms with Crippen LogP contribution in [-0.2, 0) is 0 Å². The van der Waals surface area contributed by atoms with Crippen molar-refractivity contribution in [1.82, 2.24) is 4.98 Å². The zero-order valence-corrected chi connectivity index (χ0v) is 14.0. The van der Waals surface area contributed by atoms with E-state index in [4.69, 9.17) is 4.99 Å². The summed E-state index contributed by atoms with van der Waals surface area (Å²) in [5.74, 6) is 0. The number of aromatic nitrogens is 1. The van der Waals surface area contributed by atoms with Crippen LogP contribution in [0.4, 0.5) is 5.69 Å². The molecular weight excluding hydrogens is 294 g/mol. The van der Waals surface area contributed by atoms with E-state index in [0.717, 1.165) is 30.7 Å². The Balaban J connectivity index is 1.65. The molecule has 24 heavy (non-hydrogen) atoms. The third kappa shape index (κ3) is 3.25. The van der Waals surface area contributed by atoms with Crippen molar-refractivity contribution in [3.05, 3.63) is 65.5 Å². The lowest BCUT2D eigenvalue weighted by atomic mass is 9.95. The summed E-state index contributed by atoms with van der Waals surface area (Å²) in [5, 5.41) is 0. The molecule has 1 aromatic carbocycles. The summed E-state index contributed by atoms with van der Waals surface area (Å²) in [5.41, 5.74) is 6.18. The second-order valence-corrected chi connectivity index (χ2v) is 6.53. The van der Waals surface area contributed by atoms with Crippen molar-refractivity contribution in [2.75, 3.05) is 24.5 Å². The molecular formula is C21H23N3. The summed E-state index contributed by atoms with van der Waals surface area (Å²) >= 11 is 0. The molecule has 0 bridgehead atoms. The largest absolute Gasteiger partial charge is 0.372 e. The molecule has 3 nitrogen and oxygen atoms in total. The topological polar surface area (TPSA) is 28.5 Å². The van der Waals surface area contributed by atoms with Crippen LogP contribution < -0.4 is 4.90 Å². The maximum Gasteiger partial charge on any atom is 0.0694 e. The first-order valence-electron chi connectivity index (χ1n) is 8.91. The highest BCUT2D eigenvalue weighted by Crippen LogP contribution is 2.25. The van der Waals surface area contributed by atoms with Crippen LogP contribution in [0.1, 0.15) is 36.8 Å². The van der Waals surface area contributed by atoms with E-state index in [9.17, 15) is 0 Å². The fourth-order valence-electron chi connectivity index (χ4n) is 3.59. The summed E-state index contributed by atoms with van der Waals surface area (Å²) < 4.78 is 0. The highest BCUT2D eigenvalue weighted by Gasteiger charge is 2.15. The predicted molar refractivity (Wildman–Crippen MR) is 101 cm³/mol. The Bertz CT molecular complexity index is 756. The van der Waals surface area contributed by atoms with Crippen molar-refractivity contribution in [2.24, 2.45) is 4.99 Å². The zero-order chi connectivity index (χ0) is 16.2. The van der Waals surface area contributed by atoms with Crippen LogP contribution in [0.15, 0.2) is 59.4 Å². The van der Waals surface area contributed by atoms with Gasteiger partial charge in [0.2, 0.25) is 0 Å². The Morgan fingerprint density at radius 3 is 2.75 bits per heavy atom. The van der Waals surface area contributed by atoms with E-state index in [0.29, 0.717) is 0 Å². The van der Waals surface area contributed by atoms with E-state index in [1.165, 1.54) is 42.8 Å². The van der Waals surface area contributed by atoms with Crippen LogP contribution in [0.3, 0.4) is 0 Å². The summed E-state index contributed by atoms with van der Waals surface area (Å²) in [4.78, 5) is 11.5. The Hall–Kier alpha value is -2.42. The van der Waals surface area contributed by atoms with Gasteiger partial charge in [0.05, 0.1) is 5.71 Å². The number of benzene rings is 1. The van der Waals surface area contributed by atoms with Crippen LogP contribution in [0.5, 0.6) is 0 Å². The first kappa shape index (κ1) is 15.1. The highest BCUT2D eigenvalue weighted by atomic mass is 15.1. The smallest absolute Gasteiger partial charge is 0.0694 e. The van der Waals surface area contributed by atoms with Gasteiger partial charge in [0.1, 0.15) is 0 Å². The van der Waals surface area contributed by atoms with Crippen LogP contribution in [0.2, 0.25) is 0 Å². The molecule has 1 fully saturated rings. The molecule has 1 saturated heterocycles. The summed E-state index contributed by atoms with van der Waals surface area (Å²) in [6.45, 7) is 3.28. The standard InChI is InChI=1S/C21H23N3/c1-2-13-24(12-1)20-9-3-6-17(15-20)14-18-7-5-11-23-21(18)19-8-4-10-22-16-19/h3-4,6,8-10,14-16H,1-2,5,7,11-13H2/b18-14+. The Labute approximate surface area is 143 Å². The number of anilines is 1. The quantitative estimate of drug-likeness (QED) is 0.842. The van der Waals surface area contributed by atoms with E-state index in [-0.39, 0.29) is 0 Å². The molecule has 0 aliphatic carbocycles. The average Bonchev–Trinajstić information content (AvgIpc) is 3.18. The maximum atomic E-state index is 4.78. The van der Waals surface area contributed by atoms with Crippen LogP contribution in [0.25, 0.3) is 6.08 Å². The number of rotatable bonds is 3. The average molecular weight is 317 g/mol. The Kier molecular flexibility index (Phi) is 4.41. The normalized spacial score (nSPS) is 19.6. The number of allylic oxidation sites excluding steroid dienone is 1. The lowest BCUT2D eigenvalue weighted by molar-refractivity contribution is 0.818. The van der Waals surface area contributed by atoms with Gasteiger partial charge in [-0.15, -0.1) is 0 Å². The molecule has 0 amide bonds. The zero-order valence-electron chi connectivity index (χ0n) is 14.0. The van der Waals surface area contributed by atoms with Crippen molar-refractivity contribution in [3.63, 3.8) is 0 Å². The number of nitrogens with zero attached hydrogens (tertiary/aromatic N) is 3. The molecule has 3 heteroatoms. The van der Waals surface area contributed by atoms with E-state index >= 15 is 0 Å². The number of hydrogen-bond donors (Lipinski definition) is 0. The fraction of sp³-hybridized carbons (Fsp3) is 0.333. The van der Waals surface area contributed by atoms with E-state index in [2.05, 4.69) is 46.3 Å². The van der Waals surface area contributed by atoms with Gasteiger partial charge in [-0.05, 0) is 67.2 Å². The highest BCUT2D eigenvalue weighted by molar-refractivity contribution is 6.15. The van der Waals surface area contributed by atoms with Gasteiger partial charge >= 0.3 is 0 Å². The summed E-state index contributed by atoms with van der Waals surface area (Å²) in [6.07, 6.45) is 10.9. The molecule has 0 spiro atoms. The van der Waals surface area contributed by atoms with E-state index in [1.807, 2.05) is 18.5 Å². The van der Waals surface area contributed by atoms with Gasteiger partial charge < -0.3 is 4.90 Å². The maximum absolute atomic E-state index is 4.78. The van der Waals surface area contributed by atoms with Gasteiger partial charge in [0.25, 0.3) is 0 Å². The lowest BCUT2D eigenvalue weighted by Gasteiger charge is -2.19. The monoisotopic (exact) mass is 317 g/mol. The molecule has 4 rings (SSSR count). The van der Waals surface area contributed by atoms with Gasteiger partial charge in [-0.25, -0.2) is 0 Å². The molecule has 0 N–H and O–H groups in total. The number of aliphatic imine (C=N–C) groups is 1. The SMILES string of the molecule is C(=C1/CCCN=C1c1cccnc1)/c1cccc(N2CCCC2)c1. The molecule has 0 unspecified atom stereocenters. The first-order valence-corrected chi connectivity index (χ1v) is 8.91. The molecule has 2 aromatic rings. The number of hydrogen-bond acceptors (Lipinski definition) is 3. The van der Waals surface area contributed by atoms with Crippen molar-refractivity contribution in [3.8, 4) is 0 Å². The number of pyridine rings is 1. The van der Waals surface area contributed by atoms with Crippen LogP contribution in [-0.4, -0.2) is 30.3 Å². The van der Waals surface area contributed by atoms with Crippen LogP contribution in [0, 0.1) is 0 Å². The van der Waals surface area contributed by atoms with Crippen molar-refractivity contribution in [2.45, 2.75) is 25.7 Å². The lowest BCUT2D eigenvalue weighted by Crippen LogP contribution is -2.17. The molecule has 1 aromatic heterocycles. The second kappa shape index (κ2) is 7.00. The third-order valence-electron chi connectivity index (χ3n) is 4.80. The van der Waals surface area contributed by atoms with Crippen LogP contribution >= 0.6 is 0 Å².